The summed E-state index contributed by atoms with van der Waals surface area (Å²) in [6, 6.07) is 4.19. The number of nitrogens with zero attached hydrogens (tertiary/aromatic N) is 1. The van der Waals surface area contributed by atoms with Gasteiger partial charge in [-0.25, -0.2) is 0 Å². The lowest BCUT2D eigenvalue weighted by Crippen LogP contribution is -2.21. The van der Waals surface area contributed by atoms with Crippen LogP contribution in [0.2, 0.25) is 0 Å². The average Bonchev–Trinajstić information content (AvgIpc) is 2.35. The van der Waals surface area contributed by atoms with Gasteiger partial charge in [0.25, 0.3) is 5.69 Å². The van der Waals surface area contributed by atoms with E-state index in [1.807, 2.05) is 0 Å². The van der Waals surface area contributed by atoms with Gasteiger partial charge in [0, 0.05) is 18.7 Å². The van der Waals surface area contributed by atoms with E-state index >= 15 is 0 Å². The maximum absolute atomic E-state index is 10.6. The predicted molar refractivity (Wildman–Crippen MR) is 64.9 cm³/mol. The number of non-ortho nitro benzene ring substituents is 1. The molecule has 0 bridgehead atoms. The van der Waals surface area contributed by atoms with Crippen LogP contribution in [0.1, 0.15) is 0 Å². The molecule has 0 saturated carbocycles. The quantitative estimate of drug-likeness (QED) is 0.461. The summed E-state index contributed by atoms with van der Waals surface area (Å²) >= 11 is 5.44. The minimum absolute atomic E-state index is 0.0475. The molecule has 1 aromatic rings. The third kappa shape index (κ3) is 3.76. The van der Waals surface area contributed by atoms with Crippen LogP contribution >= 0.6 is 11.6 Å². The topological polar surface area (TPSA) is 84.6 Å². The largest absolute Gasteiger partial charge is 0.495 e. The van der Waals surface area contributed by atoms with Gasteiger partial charge < -0.3 is 15.2 Å². The summed E-state index contributed by atoms with van der Waals surface area (Å²) in [6.07, 6.45) is -0.722. The molecule has 1 atom stereocenters. The van der Waals surface area contributed by atoms with Crippen LogP contribution in [0.3, 0.4) is 0 Å². The number of aliphatic hydroxyl groups is 1. The molecule has 7 heteroatoms. The fraction of sp³-hybridized carbons (Fsp3) is 0.400. The molecule has 17 heavy (non-hydrogen) atoms. The van der Waals surface area contributed by atoms with E-state index in [-0.39, 0.29) is 18.1 Å². The Balaban J connectivity index is 2.86. The highest BCUT2D eigenvalue weighted by Crippen LogP contribution is 2.28. The number of nitro groups is 1. The Morgan fingerprint density at radius 1 is 1.65 bits per heavy atom. The molecule has 2 N–H and O–H groups in total. The lowest BCUT2D eigenvalue weighted by Gasteiger charge is -2.12. The second kappa shape index (κ2) is 6.27. The number of aliphatic hydroxyl groups excluding tert-OH is 1. The molecule has 0 saturated heterocycles. The molecule has 0 fully saturated rings. The average molecular weight is 261 g/mol. The van der Waals surface area contributed by atoms with Crippen LogP contribution in [0.15, 0.2) is 18.2 Å². The Morgan fingerprint density at radius 2 is 2.35 bits per heavy atom. The summed E-state index contributed by atoms with van der Waals surface area (Å²) in [6.45, 7) is 0.195. The summed E-state index contributed by atoms with van der Waals surface area (Å²) < 4.78 is 5.05. The summed E-state index contributed by atoms with van der Waals surface area (Å²) in [7, 11) is 1.46. The third-order valence-electron chi connectivity index (χ3n) is 2.10. The molecule has 0 spiro atoms. The number of rotatable bonds is 6. The first-order valence-electron chi connectivity index (χ1n) is 4.88. The number of ether oxygens (including phenoxy) is 1. The zero-order chi connectivity index (χ0) is 12.8. The van der Waals surface area contributed by atoms with E-state index in [9.17, 15) is 15.2 Å². The normalized spacial score (nSPS) is 11.9. The molecule has 0 aliphatic rings. The monoisotopic (exact) mass is 260 g/mol. The molecular formula is C10H13ClN2O4. The number of nitrogens with one attached hydrogen (secondary N) is 1. The first kappa shape index (κ1) is 13.5. The molecular weight excluding hydrogens is 248 g/mol. The van der Waals surface area contributed by atoms with Crippen LogP contribution in [-0.2, 0) is 0 Å². The van der Waals surface area contributed by atoms with Crippen molar-refractivity contribution >= 4 is 23.0 Å². The minimum Gasteiger partial charge on any atom is -0.495 e. The van der Waals surface area contributed by atoms with E-state index in [4.69, 9.17) is 16.3 Å². The zero-order valence-corrected chi connectivity index (χ0v) is 9.98. The van der Waals surface area contributed by atoms with Crippen molar-refractivity contribution in [2.75, 3.05) is 24.9 Å². The molecule has 0 aliphatic heterocycles. The van der Waals surface area contributed by atoms with Crippen LogP contribution in [-0.4, -0.2) is 35.7 Å². The summed E-state index contributed by atoms with van der Waals surface area (Å²) in [5.74, 6) is 0.557. The summed E-state index contributed by atoms with van der Waals surface area (Å²) in [5.41, 5.74) is 0.402. The fourth-order valence-electron chi connectivity index (χ4n) is 1.23. The number of halogens is 1. The highest BCUT2D eigenvalue weighted by molar-refractivity contribution is 6.18. The smallest absolute Gasteiger partial charge is 0.271 e. The second-order valence-corrected chi connectivity index (χ2v) is 3.64. The standard InChI is InChI=1S/C10H13ClN2O4/c1-17-10-3-2-7(13(15)16)4-9(10)12-6-8(14)5-11/h2-4,8,12,14H,5-6H2,1H3. The number of methoxy groups -OCH3 is 1. The van der Waals surface area contributed by atoms with Gasteiger partial charge in [0.15, 0.2) is 0 Å². The van der Waals surface area contributed by atoms with Crippen LogP contribution in [0.5, 0.6) is 5.75 Å². The highest BCUT2D eigenvalue weighted by Gasteiger charge is 2.12. The first-order valence-corrected chi connectivity index (χ1v) is 5.42. The summed E-state index contributed by atoms with van der Waals surface area (Å²) in [4.78, 5) is 10.1. The van der Waals surface area contributed by atoms with Crippen LogP contribution in [0.4, 0.5) is 11.4 Å². The van der Waals surface area contributed by atoms with E-state index in [2.05, 4.69) is 5.32 Å². The molecule has 0 aliphatic carbocycles. The van der Waals surface area contributed by atoms with Crippen molar-refractivity contribution in [1.82, 2.24) is 0 Å². The van der Waals surface area contributed by atoms with E-state index in [1.54, 1.807) is 0 Å². The van der Waals surface area contributed by atoms with E-state index in [1.165, 1.54) is 25.3 Å². The number of benzene rings is 1. The third-order valence-corrected chi connectivity index (χ3v) is 2.46. The Kier molecular flexibility index (Phi) is 4.99. The fourth-order valence-corrected chi connectivity index (χ4v) is 1.34. The number of nitro benzene ring substituents is 1. The number of anilines is 1. The molecule has 94 valence electrons. The number of hydrogen-bond donors (Lipinski definition) is 2. The van der Waals surface area contributed by atoms with Crippen LogP contribution < -0.4 is 10.1 Å². The first-order chi connectivity index (χ1) is 8.08. The molecule has 6 nitrogen and oxygen atoms in total. The van der Waals surface area contributed by atoms with Crippen molar-refractivity contribution in [3.05, 3.63) is 28.3 Å². The Hall–Kier alpha value is -1.53. The van der Waals surface area contributed by atoms with E-state index in [0.717, 1.165) is 0 Å². The second-order valence-electron chi connectivity index (χ2n) is 3.33. The van der Waals surface area contributed by atoms with Gasteiger partial charge in [0.1, 0.15) is 5.75 Å². The van der Waals surface area contributed by atoms with Crippen LogP contribution in [0, 0.1) is 10.1 Å². The van der Waals surface area contributed by atoms with Crippen molar-refractivity contribution in [3.8, 4) is 5.75 Å². The van der Waals surface area contributed by atoms with Gasteiger partial charge in [-0.15, -0.1) is 11.6 Å². The molecule has 0 radical (unpaired) electrons. The van der Waals surface area contributed by atoms with Gasteiger partial charge in [0.2, 0.25) is 0 Å². The lowest BCUT2D eigenvalue weighted by molar-refractivity contribution is -0.384. The molecule has 1 rings (SSSR count). The van der Waals surface area contributed by atoms with Crippen molar-refractivity contribution < 1.29 is 14.8 Å². The van der Waals surface area contributed by atoms with Crippen molar-refractivity contribution in [2.24, 2.45) is 0 Å². The lowest BCUT2D eigenvalue weighted by atomic mass is 10.2. The molecule has 0 amide bonds. The maximum atomic E-state index is 10.6. The van der Waals surface area contributed by atoms with Gasteiger partial charge in [-0.05, 0) is 6.07 Å². The van der Waals surface area contributed by atoms with Crippen LogP contribution in [0.25, 0.3) is 0 Å². The maximum Gasteiger partial charge on any atom is 0.271 e. The van der Waals surface area contributed by atoms with E-state index in [0.29, 0.717) is 11.4 Å². The van der Waals surface area contributed by atoms with Crippen molar-refractivity contribution in [2.45, 2.75) is 6.10 Å². The van der Waals surface area contributed by atoms with Gasteiger partial charge >= 0.3 is 0 Å². The minimum atomic E-state index is -0.722. The Bertz CT molecular complexity index is 400. The van der Waals surface area contributed by atoms with Gasteiger partial charge in [-0.3, -0.25) is 10.1 Å². The molecule has 1 aromatic carbocycles. The number of alkyl halides is 1. The predicted octanol–water partition coefficient (Wildman–Crippen LogP) is 1.61. The van der Waals surface area contributed by atoms with E-state index < -0.39 is 11.0 Å². The molecule has 0 aromatic heterocycles. The van der Waals surface area contributed by atoms with Gasteiger partial charge in [-0.1, -0.05) is 0 Å². The Morgan fingerprint density at radius 3 is 2.88 bits per heavy atom. The SMILES string of the molecule is COc1ccc([N+](=O)[O-])cc1NCC(O)CCl. The van der Waals surface area contributed by atoms with Crippen molar-refractivity contribution in [1.29, 1.82) is 0 Å². The highest BCUT2D eigenvalue weighted by atomic mass is 35.5. The van der Waals surface area contributed by atoms with Crippen molar-refractivity contribution in [3.63, 3.8) is 0 Å². The van der Waals surface area contributed by atoms with Gasteiger partial charge in [0.05, 0.1) is 29.7 Å². The number of hydrogen-bond acceptors (Lipinski definition) is 5. The summed E-state index contributed by atoms with van der Waals surface area (Å²) in [5, 5.41) is 22.8. The zero-order valence-electron chi connectivity index (χ0n) is 9.22. The Labute approximate surface area is 103 Å². The van der Waals surface area contributed by atoms with Gasteiger partial charge in [-0.2, -0.15) is 0 Å². The molecule has 1 unspecified atom stereocenters. The molecule has 0 heterocycles.